The number of nitrogens with zero attached hydrogens (tertiary/aromatic N) is 2. The predicted octanol–water partition coefficient (Wildman–Crippen LogP) is 3.00. The lowest BCUT2D eigenvalue weighted by molar-refractivity contribution is 0.669. The quantitative estimate of drug-likeness (QED) is 0.829. The van der Waals surface area contributed by atoms with Crippen LogP contribution >= 0.6 is 0 Å². The minimum absolute atomic E-state index is 0.382. The summed E-state index contributed by atoms with van der Waals surface area (Å²) in [6.07, 6.45) is 1.04. The maximum Gasteiger partial charge on any atom is 0.133 e. The Morgan fingerprint density at radius 1 is 1.20 bits per heavy atom. The summed E-state index contributed by atoms with van der Waals surface area (Å²) < 4.78 is 0. The molecular weight excluding hydrogens is 186 g/mol. The van der Waals surface area contributed by atoms with E-state index in [1.807, 2.05) is 6.92 Å². The van der Waals surface area contributed by atoms with Crippen molar-refractivity contribution in [3.05, 3.63) is 17.1 Å². The Kier molecular flexibility index (Phi) is 3.66. The standard InChI is InChI=1S/C12H21N3/c1-6-8(4)12-14-9(5)10(7(2)3)11(13)15-12/h7-8H,6H2,1-5H3,(H2,13,14,15). The van der Waals surface area contributed by atoms with E-state index in [9.17, 15) is 0 Å². The van der Waals surface area contributed by atoms with Crippen LogP contribution < -0.4 is 5.73 Å². The van der Waals surface area contributed by atoms with Gasteiger partial charge in [0.1, 0.15) is 11.6 Å². The molecule has 0 saturated carbocycles. The number of aromatic nitrogens is 2. The van der Waals surface area contributed by atoms with Crippen molar-refractivity contribution in [3.8, 4) is 0 Å². The Balaban J connectivity index is 3.19. The smallest absolute Gasteiger partial charge is 0.133 e. The lowest BCUT2D eigenvalue weighted by Gasteiger charge is -2.15. The molecule has 0 spiro atoms. The topological polar surface area (TPSA) is 51.8 Å². The van der Waals surface area contributed by atoms with E-state index in [4.69, 9.17) is 5.73 Å². The van der Waals surface area contributed by atoms with Gasteiger partial charge in [0.05, 0.1) is 0 Å². The molecular formula is C12H21N3. The second-order valence-corrected chi connectivity index (χ2v) is 4.43. The molecule has 1 heterocycles. The minimum atomic E-state index is 0.382. The van der Waals surface area contributed by atoms with Crippen molar-refractivity contribution in [2.24, 2.45) is 0 Å². The van der Waals surface area contributed by atoms with E-state index in [0.29, 0.717) is 17.7 Å². The molecule has 0 fully saturated rings. The Hall–Kier alpha value is -1.12. The molecule has 2 N–H and O–H groups in total. The third kappa shape index (κ3) is 2.46. The predicted molar refractivity (Wildman–Crippen MR) is 64.0 cm³/mol. The molecule has 0 amide bonds. The van der Waals surface area contributed by atoms with Gasteiger partial charge in [-0.2, -0.15) is 0 Å². The highest BCUT2D eigenvalue weighted by atomic mass is 15.0. The van der Waals surface area contributed by atoms with Crippen LogP contribution in [-0.4, -0.2) is 9.97 Å². The van der Waals surface area contributed by atoms with Gasteiger partial charge < -0.3 is 5.73 Å². The van der Waals surface area contributed by atoms with Crippen molar-refractivity contribution in [2.75, 3.05) is 5.73 Å². The van der Waals surface area contributed by atoms with Crippen LogP contribution in [0.1, 0.15) is 63.0 Å². The summed E-state index contributed by atoms with van der Waals surface area (Å²) in [5.41, 5.74) is 8.07. The van der Waals surface area contributed by atoms with Gasteiger partial charge in [0.15, 0.2) is 0 Å². The maximum absolute atomic E-state index is 5.96. The molecule has 15 heavy (non-hydrogen) atoms. The van der Waals surface area contributed by atoms with Crippen LogP contribution in [0.15, 0.2) is 0 Å². The van der Waals surface area contributed by atoms with Gasteiger partial charge >= 0.3 is 0 Å². The molecule has 1 unspecified atom stereocenters. The summed E-state index contributed by atoms with van der Waals surface area (Å²) in [5, 5.41) is 0. The van der Waals surface area contributed by atoms with Crippen LogP contribution in [0.2, 0.25) is 0 Å². The summed E-state index contributed by atoms with van der Waals surface area (Å²) >= 11 is 0. The van der Waals surface area contributed by atoms with Crippen molar-refractivity contribution in [1.29, 1.82) is 0 Å². The number of hydrogen-bond acceptors (Lipinski definition) is 3. The average Bonchev–Trinajstić information content (AvgIpc) is 2.14. The van der Waals surface area contributed by atoms with E-state index in [-0.39, 0.29) is 0 Å². The largest absolute Gasteiger partial charge is 0.383 e. The van der Waals surface area contributed by atoms with Gasteiger partial charge in [-0.1, -0.05) is 27.7 Å². The molecule has 3 heteroatoms. The Bertz CT molecular complexity index is 322. The first-order valence-corrected chi connectivity index (χ1v) is 5.61. The molecule has 0 aromatic carbocycles. The molecule has 3 nitrogen and oxygen atoms in total. The van der Waals surface area contributed by atoms with Gasteiger partial charge in [0, 0.05) is 17.2 Å². The minimum Gasteiger partial charge on any atom is -0.383 e. The molecule has 0 aliphatic heterocycles. The van der Waals surface area contributed by atoms with Crippen LogP contribution in [0.25, 0.3) is 0 Å². The fraction of sp³-hybridized carbons (Fsp3) is 0.667. The van der Waals surface area contributed by atoms with Gasteiger partial charge in [-0.15, -0.1) is 0 Å². The summed E-state index contributed by atoms with van der Waals surface area (Å²) in [6, 6.07) is 0. The van der Waals surface area contributed by atoms with Gasteiger partial charge in [-0.3, -0.25) is 0 Å². The molecule has 1 rings (SSSR count). The van der Waals surface area contributed by atoms with Crippen LogP contribution in [0.3, 0.4) is 0 Å². The molecule has 0 bridgehead atoms. The zero-order valence-corrected chi connectivity index (χ0v) is 10.3. The Labute approximate surface area is 92.1 Å². The second kappa shape index (κ2) is 4.60. The van der Waals surface area contributed by atoms with Crippen LogP contribution in [-0.2, 0) is 0 Å². The molecule has 0 radical (unpaired) electrons. The summed E-state index contributed by atoms with van der Waals surface area (Å²) in [4.78, 5) is 8.93. The molecule has 1 atom stereocenters. The van der Waals surface area contributed by atoms with E-state index in [0.717, 1.165) is 23.5 Å². The fourth-order valence-electron chi connectivity index (χ4n) is 1.74. The summed E-state index contributed by atoms with van der Waals surface area (Å²) in [5.74, 6) is 2.29. The average molecular weight is 207 g/mol. The van der Waals surface area contributed by atoms with Crippen LogP contribution in [0.4, 0.5) is 5.82 Å². The van der Waals surface area contributed by atoms with Gasteiger partial charge in [0.25, 0.3) is 0 Å². The third-order valence-electron chi connectivity index (χ3n) is 2.81. The molecule has 1 aromatic rings. The lowest BCUT2D eigenvalue weighted by Crippen LogP contribution is -2.10. The van der Waals surface area contributed by atoms with Gasteiger partial charge in [0.2, 0.25) is 0 Å². The summed E-state index contributed by atoms with van der Waals surface area (Å²) in [6.45, 7) is 10.5. The highest BCUT2D eigenvalue weighted by Crippen LogP contribution is 2.25. The number of aryl methyl sites for hydroxylation is 1. The first-order valence-electron chi connectivity index (χ1n) is 5.61. The molecule has 1 aromatic heterocycles. The van der Waals surface area contributed by atoms with Crippen molar-refractivity contribution in [2.45, 2.75) is 52.9 Å². The fourth-order valence-corrected chi connectivity index (χ4v) is 1.74. The van der Waals surface area contributed by atoms with E-state index >= 15 is 0 Å². The zero-order valence-electron chi connectivity index (χ0n) is 10.3. The molecule has 0 aliphatic carbocycles. The normalized spacial score (nSPS) is 13.2. The number of anilines is 1. The van der Waals surface area contributed by atoms with Crippen LogP contribution in [0, 0.1) is 6.92 Å². The molecule has 0 saturated heterocycles. The highest BCUT2D eigenvalue weighted by Gasteiger charge is 2.14. The molecule has 84 valence electrons. The van der Waals surface area contributed by atoms with E-state index < -0.39 is 0 Å². The number of hydrogen-bond donors (Lipinski definition) is 1. The maximum atomic E-state index is 5.96. The Morgan fingerprint density at radius 2 is 1.80 bits per heavy atom. The Morgan fingerprint density at radius 3 is 2.20 bits per heavy atom. The van der Waals surface area contributed by atoms with Crippen molar-refractivity contribution in [3.63, 3.8) is 0 Å². The first-order chi connectivity index (χ1) is 6.97. The number of nitrogens with two attached hydrogens (primary N) is 1. The van der Waals surface area contributed by atoms with Gasteiger partial charge in [-0.05, 0) is 19.3 Å². The number of rotatable bonds is 3. The van der Waals surface area contributed by atoms with E-state index in [1.165, 1.54) is 0 Å². The third-order valence-corrected chi connectivity index (χ3v) is 2.81. The first kappa shape index (κ1) is 12.0. The summed E-state index contributed by atoms with van der Waals surface area (Å²) in [7, 11) is 0. The highest BCUT2D eigenvalue weighted by molar-refractivity contribution is 5.44. The second-order valence-electron chi connectivity index (χ2n) is 4.43. The zero-order chi connectivity index (χ0) is 11.6. The van der Waals surface area contributed by atoms with Crippen molar-refractivity contribution in [1.82, 2.24) is 9.97 Å². The molecule has 0 aliphatic rings. The van der Waals surface area contributed by atoms with Crippen molar-refractivity contribution < 1.29 is 0 Å². The van der Waals surface area contributed by atoms with Crippen molar-refractivity contribution >= 4 is 5.82 Å². The number of nitrogen functional groups attached to an aromatic ring is 1. The SMILES string of the molecule is CCC(C)c1nc(C)c(C(C)C)c(N)n1. The van der Waals surface area contributed by atoms with Gasteiger partial charge in [-0.25, -0.2) is 9.97 Å². The van der Waals surface area contributed by atoms with E-state index in [1.54, 1.807) is 0 Å². The van der Waals surface area contributed by atoms with Crippen LogP contribution in [0.5, 0.6) is 0 Å². The lowest BCUT2D eigenvalue weighted by atomic mass is 10.0. The monoisotopic (exact) mass is 207 g/mol. The van der Waals surface area contributed by atoms with E-state index in [2.05, 4.69) is 37.7 Å².